The molecule has 2 aliphatic rings. The number of thiol groups is 1. The molecule has 0 saturated carbocycles. The van der Waals surface area contributed by atoms with Gasteiger partial charge in [0.2, 0.25) is 0 Å². The molecular formula is C19H23NS2. The molecule has 4 rings (SSSR count). The fraction of sp³-hybridized carbons (Fsp3) is 0.474. The van der Waals surface area contributed by atoms with Crippen LogP contribution in [0.3, 0.4) is 0 Å². The van der Waals surface area contributed by atoms with Crippen LogP contribution in [0.5, 0.6) is 0 Å². The number of hydrogen-bond acceptors (Lipinski definition) is 3. The normalized spacial score (nSPS) is 20.0. The molecule has 2 heterocycles. The zero-order valence-electron chi connectivity index (χ0n) is 13.6. The first-order valence-electron chi connectivity index (χ1n) is 8.10. The van der Waals surface area contributed by atoms with Crippen molar-refractivity contribution in [2.75, 3.05) is 0 Å². The van der Waals surface area contributed by atoms with E-state index < -0.39 is 0 Å². The number of nitrogens with zero attached hydrogens (tertiary/aromatic N) is 1. The van der Waals surface area contributed by atoms with Gasteiger partial charge in [0.25, 0.3) is 0 Å². The van der Waals surface area contributed by atoms with Crippen LogP contribution in [0, 0.1) is 12.3 Å². The number of benzene rings is 1. The third-order valence-electron chi connectivity index (χ3n) is 5.21. The van der Waals surface area contributed by atoms with E-state index in [1.807, 2.05) is 11.3 Å². The maximum atomic E-state index is 4.49. The lowest BCUT2D eigenvalue weighted by molar-refractivity contribution is 0.317. The summed E-state index contributed by atoms with van der Waals surface area (Å²) in [6, 6.07) is 6.99. The lowest BCUT2D eigenvalue weighted by Crippen LogP contribution is -2.21. The molecule has 1 aliphatic heterocycles. The summed E-state index contributed by atoms with van der Waals surface area (Å²) in [6.45, 7) is 9.06. The van der Waals surface area contributed by atoms with Crippen molar-refractivity contribution < 1.29 is 0 Å². The van der Waals surface area contributed by atoms with Crippen molar-refractivity contribution in [2.45, 2.75) is 53.1 Å². The van der Waals surface area contributed by atoms with E-state index in [-0.39, 0.29) is 0 Å². The van der Waals surface area contributed by atoms with Gasteiger partial charge in [0.15, 0.2) is 0 Å². The summed E-state index contributed by atoms with van der Waals surface area (Å²) in [7, 11) is 0. The lowest BCUT2D eigenvalue weighted by atomic mass is 9.76. The monoisotopic (exact) mass is 329 g/mol. The molecule has 0 fully saturated rings. The molecule has 0 unspecified atom stereocenters. The molecular weight excluding hydrogens is 306 g/mol. The van der Waals surface area contributed by atoms with E-state index in [1.165, 1.54) is 46.4 Å². The van der Waals surface area contributed by atoms with Crippen LogP contribution in [0.25, 0.3) is 10.4 Å². The van der Waals surface area contributed by atoms with Crippen molar-refractivity contribution in [1.82, 2.24) is 4.31 Å². The van der Waals surface area contributed by atoms with Gasteiger partial charge in [-0.3, -0.25) is 0 Å². The highest BCUT2D eigenvalue weighted by Gasteiger charge is 2.29. The number of hydrogen-bond donors (Lipinski definition) is 1. The molecule has 3 heteroatoms. The zero-order valence-corrected chi connectivity index (χ0v) is 15.3. The van der Waals surface area contributed by atoms with Gasteiger partial charge in [-0.05, 0) is 65.5 Å². The minimum absolute atomic E-state index is 0.459. The molecule has 0 atom stereocenters. The van der Waals surface area contributed by atoms with Crippen LogP contribution in [-0.2, 0) is 25.9 Å². The Morgan fingerprint density at radius 2 is 1.95 bits per heavy atom. The van der Waals surface area contributed by atoms with Crippen LogP contribution in [-0.4, -0.2) is 4.31 Å². The molecule has 0 saturated heterocycles. The Hall–Kier alpha value is -0.770. The average molecular weight is 330 g/mol. The number of aryl methyl sites for hydroxylation is 1. The van der Waals surface area contributed by atoms with Gasteiger partial charge in [0, 0.05) is 22.8 Å². The van der Waals surface area contributed by atoms with Crippen molar-refractivity contribution >= 4 is 24.2 Å². The maximum absolute atomic E-state index is 4.49. The molecule has 1 aromatic carbocycles. The second-order valence-corrected chi connectivity index (χ2v) is 9.28. The lowest BCUT2D eigenvalue weighted by Gasteiger charge is -2.29. The van der Waals surface area contributed by atoms with Crippen LogP contribution >= 0.6 is 24.2 Å². The van der Waals surface area contributed by atoms with Crippen molar-refractivity contribution in [3.63, 3.8) is 0 Å². The van der Waals surface area contributed by atoms with E-state index in [0.29, 0.717) is 5.41 Å². The first-order valence-corrected chi connectivity index (χ1v) is 9.32. The molecule has 0 bridgehead atoms. The molecule has 2 aromatic rings. The fourth-order valence-electron chi connectivity index (χ4n) is 3.85. The molecule has 0 amide bonds. The summed E-state index contributed by atoms with van der Waals surface area (Å²) < 4.78 is 2.09. The highest BCUT2D eigenvalue weighted by atomic mass is 32.1. The highest BCUT2D eigenvalue weighted by Crippen LogP contribution is 2.45. The SMILES string of the molecule is Cc1c(-c2ccc3c(c2)CN(S)C3)sc2c1CC(C)(C)CC2. The third-order valence-corrected chi connectivity index (χ3v) is 6.94. The van der Waals surface area contributed by atoms with Crippen molar-refractivity contribution in [2.24, 2.45) is 5.41 Å². The van der Waals surface area contributed by atoms with E-state index >= 15 is 0 Å². The van der Waals surface area contributed by atoms with Gasteiger partial charge in [-0.25, -0.2) is 4.31 Å². The van der Waals surface area contributed by atoms with Crippen LogP contribution in [0.4, 0.5) is 0 Å². The summed E-state index contributed by atoms with van der Waals surface area (Å²) in [4.78, 5) is 3.12. The molecule has 0 radical (unpaired) electrons. The second-order valence-electron chi connectivity index (χ2n) is 7.61. The Morgan fingerprint density at radius 1 is 1.18 bits per heavy atom. The topological polar surface area (TPSA) is 3.24 Å². The Balaban J connectivity index is 1.76. The van der Waals surface area contributed by atoms with E-state index in [4.69, 9.17) is 0 Å². The predicted molar refractivity (Wildman–Crippen MR) is 98.5 cm³/mol. The molecule has 1 aliphatic carbocycles. The smallest absolute Gasteiger partial charge is 0.0377 e. The van der Waals surface area contributed by atoms with E-state index in [0.717, 1.165) is 13.1 Å². The molecule has 0 spiro atoms. The van der Waals surface area contributed by atoms with Gasteiger partial charge in [0.05, 0.1) is 0 Å². The fourth-order valence-corrected chi connectivity index (χ4v) is 5.48. The van der Waals surface area contributed by atoms with Crippen molar-refractivity contribution in [3.05, 3.63) is 45.3 Å². The van der Waals surface area contributed by atoms with E-state index in [9.17, 15) is 0 Å². The summed E-state index contributed by atoms with van der Waals surface area (Å²) in [5, 5.41) is 0. The third kappa shape index (κ3) is 2.44. The molecule has 1 nitrogen and oxygen atoms in total. The van der Waals surface area contributed by atoms with Crippen LogP contribution in [0.15, 0.2) is 18.2 Å². The minimum Gasteiger partial charge on any atom is -0.244 e. The van der Waals surface area contributed by atoms with Crippen LogP contribution in [0.1, 0.15) is 47.4 Å². The Bertz CT molecular complexity index is 742. The number of thiophene rings is 1. The summed E-state index contributed by atoms with van der Waals surface area (Å²) in [5.41, 5.74) is 7.89. The maximum Gasteiger partial charge on any atom is 0.0377 e. The second kappa shape index (κ2) is 5.12. The van der Waals surface area contributed by atoms with E-state index in [1.54, 1.807) is 10.4 Å². The first-order chi connectivity index (χ1) is 10.4. The summed E-state index contributed by atoms with van der Waals surface area (Å²) in [5.74, 6) is 0. The molecule has 22 heavy (non-hydrogen) atoms. The Morgan fingerprint density at radius 3 is 2.77 bits per heavy atom. The van der Waals surface area contributed by atoms with Gasteiger partial charge >= 0.3 is 0 Å². The standard InChI is InChI=1S/C19H23NS2/c1-12-16-9-19(2,3)7-6-17(16)22-18(12)13-4-5-14-10-20(21)11-15(14)8-13/h4-5,8,21H,6-7,9-11H2,1-3H3. The molecule has 1 aromatic heterocycles. The predicted octanol–water partition coefficient (Wildman–Crippen LogP) is 5.40. The van der Waals surface area contributed by atoms with E-state index in [2.05, 4.69) is 56.1 Å². The average Bonchev–Trinajstić information content (AvgIpc) is 2.97. The quantitative estimate of drug-likeness (QED) is 0.686. The first kappa shape index (κ1) is 14.8. The number of rotatable bonds is 1. The van der Waals surface area contributed by atoms with Gasteiger partial charge in [-0.15, -0.1) is 11.3 Å². The Labute approximate surface area is 142 Å². The molecule has 116 valence electrons. The zero-order chi connectivity index (χ0) is 15.5. The van der Waals surface area contributed by atoms with Crippen molar-refractivity contribution in [1.29, 1.82) is 0 Å². The minimum atomic E-state index is 0.459. The van der Waals surface area contributed by atoms with Gasteiger partial charge < -0.3 is 0 Å². The van der Waals surface area contributed by atoms with Gasteiger partial charge in [-0.2, -0.15) is 0 Å². The van der Waals surface area contributed by atoms with Crippen LogP contribution < -0.4 is 0 Å². The molecule has 0 N–H and O–H groups in total. The largest absolute Gasteiger partial charge is 0.244 e. The van der Waals surface area contributed by atoms with Gasteiger partial charge in [0.1, 0.15) is 0 Å². The summed E-state index contributed by atoms with van der Waals surface area (Å²) in [6.07, 6.45) is 3.81. The summed E-state index contributed by atoms with van der Waals surface area (Å²) >= 11 is 6.52. The number of fused-ring (bicyclic) bond motifs is 2. The van der Waals surface area contributed by atoms with Crippen molar-refractivity contribution in [3.8, 4) is 10.4 Å². The van der Waals surface area contributed by atoms with Crippen LogP contribution in [0.2, 0.25) is 0 Å². The Kier molecular flexibility index (Phi) is 3.44. The highest BCUT2D eigenvalue weighted by molar-refractivity contribution is 7.77. The van der Waals surface area contributed by atoms with Gasteiger partial charge in [-0.1, -0.05) is 38.8 Å².